The lowest BCUT2D eigenvalue weighted by atomic mass is 9.89. The van der Waals surface area contributed by atoms with Crippen LogP contribution < -0.4 is 10.2 Å². The molecule has 4 amide bonds. The summed E-state index contributed by atoms with van der Waals surface area (Å²) in [6.07, 6.45) is 0.346. The maximum Gasteiger partial charge on any atom is 0.332 e. The van der Waals surface area contributed by atoms with Gasteiger partial charge < -0.3 is 10.3 Å². The second-order valence-electron chi connectivity index (χ2n) is 10.4. The van der Waals surface area contributed by atoms with Crippen molar-refractivity contribution in [3.8, 4) is 0 Å². The molecule has 2 atom stereocenters. The van der Waals surface area contributed by atoms with Crippen LogP contribution in [0.2, 0.25) is 10.0 Å². The highest BCUT2D eigenvalue weighted by Gasteiger charge is 2.53. The lowest BCUT2D eigenvalue weighted by molar-refractivity contribution is -0.120. The number of benzene rings is 4. The predicted octanol–water partition coefficient (Wildman–Crippen LogP) is 6.89. The fourth-order valence-electron chi connectivity index (χ4n) is 6.09. The molecule has 7 nitrogen and oxygen atoms in total. The molecule has 2 N–H and O–H groups in total. The summed E-state index contributed by atoms with van der Waals surface area (Å²) < 4.78 is 0. The van der Waals surface area contributed by atoms with Crippen LogP contribution in [0.3, 0.4) is 0 Å². The topological polar surface area (TPSA) is 85.5 Å². The van der Waals surface area contributed by atoms with Crippen LogP contribution in [0.5, 0.6) is 0 Å². The van der Waals surface area contributed by atoms with Crippen molar-refractivity contribution in [3.05, 3.63) is 135 Å². The third kappa shape index (κ3) is 4.24. The first kappa shape index (κ1) is 26.3. The van der Waals surface area contributed by atoms with E-state index in [9.17, 15) is 14.4 Å². The van der Waals surface area contributed by atoms with E-state index in [0.717, 1.165) is 38.2 Å². The number of hydrogen-bond acceptors (Lipinski definition) is 3. The van der Waals surface area contributed by atoms with Gasteiger partial charge in [0, 0.05) is 39.6 Å². The van der Waals surface area contributed by atoms with Crippen molar-refractivity contribution < 1.29 is 14.4 Å². The number of imide groups is 1. The molecular formula is C33H24Cl2N4O3. The molecule has 0 aliphatic carbocycles. The van der Waals surface area contributed by atoms with E-state index >= 15 is 0 Å². The first-order valence-electron chi connectivity index (χ1n) is 13.5. The maximum atomic E-state index is 14.3. The first-order chi connectivity index (χ1) is 20.4. The summed E-state index contributed by atoms with van der Waals surface area (Å²) in [4.78, 5) is 48.1. The Bertz CT molecular complexity index is 1900. The number of carbonyl (C=O) groups is 3. The van der Waals surface area contributed by atoms with Crippen molar-refractivity contribution in [1.82, 2.24) is 15.2 Å². The van der Waals surface area contributed by atoms with Gasteiger partial charge in [0.25, 0.3) is 11.8 Å². The Morgan fingerprint density at radius 2 is 1.67 bits per heavy atom. The van der Waals surface area contributed by atoms with E-state index in [1.165, 1.54) is 0 Å². The average molecular weight is 595 g/mol. The Morgan fingerprint density at radius 3 is 2.50 bits per heavy atom. The van der Waals surface area contributed by atoms with E-state index in [-0.39, 0.29) is 23.7 Å². The van der Waals surface area contributed by atoms with Crippen molar-refractivity contribution in [3.63, 3.8) is 0 Å². The molecule has 0 spiro atoms. The Hall–Kier alpha value is -4.59. The molecule has 9 heteroatoms. The van der Waals surface area contributed by atoms with Crippen molar-refractivity contribution in [2.75, 3.05) is 4.90 Å². The van der Waals surface area contributed by atoms with Gasteiger partial charge in [-0.05, 0) is 53.1 Å². The maximum absolute atomic E-state index is 14.3. The van der Waals surface area contributed by atoms with Crippen LogP contribution in [0.4, 0.5) is 10.5 Å². The zero-order valence-corrected chi connectivity index (χ0v) is 23.7. The van der Waals surface area contributed by atoms with E-state index in [1.54, 1.807) is 41.3 Å². The molecular weight excluding hydrogens is 571 g/mol. The number of carbonyl (C=O) groups excluding carboxylic acids is 3. The van der Waals surface area contributed by atoms with E-state index in [4.69, 9.17) is 23.2 Å². The molecule has 1 fully saturated rings. The van der Waals surface area contributed by atoms with Crippen LogP contribution in [0.25, 0.3) is 10.9 Å². The van der Waals surface area contributed by atoms with E-state index in [1.807, 2.05) is 60.7 Å². The quantitative estimate of drug-likeness (QED) is 0.217. The number of H-pyrrole nitrogens is 1. The number of halogens is 2. The van der Waals surface area contributed by atoms with Gasteiger partial charge >= 0.3 is 6.03 Å². The lowest BCUT2D eigenvalue weighted by Crippen LogP contribution is -2.44. The summed E-state index contributed by atoms with van der Waals surface area (Å²) in [6, 6.07) is 27.3. The lowest BCUT2D eigenvalue weighted by Gasteiger charge is -2.36. The van der Waals surface area contributed by atoms with Gasteiger partial charge in [-0.2, -0.15) is 0 Å². The summed E-state index contributed by atoms with van der Waals surface area (Å²) >= 11 is 12.7. The zero-order chi connectivity index (χ0) is 29.0. The zero-order valence-electron chi connectivity index (χ0n) is 22.2. The fraction of sp³-hybridized carbons (Fsp3) is 0.121. The highest BCUT2D eigenvalue weighted by atomic mass is 35.5. The van der Waals surface area contributed by atoms with Gasteiger partial charge in [0.05, 0.1) is 11.3 Å². The molecule has 7 rings (SSSR count). The number of para-hydroxylation sites is 2. The smallest absolute Gasteiger partial charge is 0.332 e. The standard InChI is InChI=1S/C33H24Cl2N4O3/c34-21-10-7-9-19(16-21)30-29-24(22-11-2-5-14-26(22)37-29)17-28-32(41)39(33(42)38(28)30)27-15-6-3-12-23(27)31(40)36-18-20-8-1-4-13-25(20)35/h1-16,28,30,37H,17-18H2,(H,36,40)/t28-,30-/m0/s1. The van der Waals surface area contributed by atoms with E-state index in [2.05, 4.69) is 10.3 Å². The minimum atomic E-state index is -0.757. The molecule has 208 valence electrons. The summed E-state index contributed by atoms with van der Waals surface area (Å²) in [7, 11) is 0. The minimum absolute atomic E-state index is 0.196. The van der Waals surface area contributed by atoms with Crippen LogP contribution >= 0.6 is 23.2 Å². The molecule has 1 aromatic heterocycles. The summed E-state index contributed by atoms with van der Waals surface area (Å²) in [5.41, 5.74) is 4.77. The van der Waals surface area contributed by atoms with Crippen LogP contribution in [0.15, 0.2) is 97.1 Å². The Balaban J connectivity index is 1.28. The summed E-state index contributed by atoms with van der Waals surface area (Å²) in [6.45, 7) is 0.196. The number of aromatic amines is 1. The molecule has 0 saturated carbocycles. The molecule has 4 aromatic carbocycles. The van der Waals surface area contributed by atoms with Crippen LogP contribution in [-0.4, -0.2) is 33.8 Å². The number of hydrogen-bond donors (Lipinski definition) is 2. The third-order valence-corrected chi connectivity index (χ3v) is 8.60. The van der Waals surface area contributed by atoms with Crippen molar-refractivity contribution in [2.45, 2.75) is 25.0 Å². The normalized spacial score (nSPS) is 17.9. The fourth-order valence-corrected chi connectivity index (χ4v) is 6.49. The van der Waals surface area contributed by atoms with E-state index < -0.39 is 24.0 Å². The number of nitrogens with zero attached hydrogens (tertiary/aromatic N) is 2. The van der Waals surface area contributed by atoms with Gasteiger partial charge in [-0.15, -0.1) is 0 Å². The second kappa shape index (κ2) is 10.4. The van der Waals surface area contributed by atoms with E-state index in [0.29, 0.717) is 16.5 Å². The third-order valence-electron chi connectivity index (χ3n) is 8.00. The van der Waals surface area contributed by atoms with Crippen LogP contribution in [-0.2, 0) is 17.8 Å². The summed E-state index contributed by atoms with van der Waals surface area (Å²) in [5.74, 6) is -0.798. The highest BCUT2D eigenvalue weighted by molar-refractivity contribution is 6.31. The SMILES string of the molecule is O=C(NCc1ccccc1Cl)c1ccccc1N1C(=O)[C@@H]2Cc3c([nH]c4ccccc34)[C@H](c3cccc(Cl)c3)N2C1=O. The number of anilines is 1. The monoisotopic (exact) mass is 594 g/mol. The molecule has 0 radical (unpaired) electrons. The van der Waals surface area contributed by atoms with Crippen LogP contribution in [0.1, 0.15) is 38.8 Å². The molecule has 2 aliphatic rings. The number of amides is 4. The molecule has 3 heterocycles. The number of fused-ring (bicyclic) bond motifs is 4. The largest absolute Gasteiger partial charge is 0.356 e. The van der Waals surface area contributed by atoms with Gasteiger partial charge in [0.15, 0.2) is 0 Å². The van der Waals surface area contributed by atoms with Crippen molar-refractivity contribution in [2.24, 2.45) is 0 Å². The average Bonchev–Trinajstić information content (AvgIpc) is 3.49. The molecule has 2 aliphatic heterocycles. The second-order valence-corrected chi connectivity index (χ2v) is 11.2. The molecule has 42 heavy (non-hydrogen) atoms. The Morgan fingerprint density at radius 1 is 0.905 bits per heavy atom. The van der Waals surface area contributed by atoms with Crippen molar-refractivity contribution in [1.29, 1.82) is 0 Å². The highest BCUT2D eigenvalue weighted by Crippen LogP contribution is 2.45. The number of rotatable bonds is 5. The Kier molecular flexibility index (Phi) is 6.49. The number of aromatic nitrogens is 1. The van der Waals surface area contributed by atoms with Gasteiger partial charge in [-0.25, -0.2) is 9.69 Å². The first-order valence-corrected chi connectivity index (χ1v) is 14.3. The number of urea groups is 1. The van der Waals surface area contributed by atoms with Crippen molar-refractivity contribution >= 4 is 57.6 Å². The summed E-state index contributed by atoms with van der Waals surface area (Å²) in [5, 5.41) is 4.96. The van der Waals surface area contributed by atoms with Crippen LogP contribution in [0, 0.1) is 0 Å². The van der Waals surface area contributed by atoms with Gasteiger partial charge in [0.1, 0.15) is 12.1 Å². The molecule has 0 unspecified atom stereocenters. The molecule has 5 aromatic rings. The Labute approximate surface area is 251 Å². The number of nitrogens with one attached hydrogen (secondary N) is 2. The minimum Gasteiger partial charge on any atom is -0.356 e. The van der Waals surface area contributed by atoms with Gasteiger partial charge in [0.2, 0.25) is 0 Å². The van der Waals surface area contributed by atoms with Gasteiger partial charge in [-0.3, -0.25) is 14.5 Å². The van der Waals surface area contributed by atoms with Gasteiger partial charge in [-0.1, -0.05) is 83.9 Å². The molecule has 0 bridgehead atoms. The predicted molar refractivity (Wildman–Crippen MR) is 163 cm³/mol. The molecule has 1 saturated heterocycles.